The molecule has 5 nitrogen and oxygen atoms in total. The molecule has 1 aliphatic heterocycles. The first-order valence-electron chi connectivity index (χ1n) is 9.08. The van der Waals surface area contributed by atoms with Gasteiger partial charge < -0.3 is 15.0 Å². The van der Waals surface area contributed by atoms with E-state index < -0.39 is 0 Å². The van der Waals surface area contributed by atoms with Crippen molar-refractivity contribution >= 4 is 36.4 Å². The van der Waals surface area contributed by atoms with Gasteiger partial charge in [0, 0.05) is 46.2 Å². The van der Waals surface area contributed by atoms with Crippen LogP contribution in [0.3, 0.4) is 0 Å². The molecule has 0 saturated carbocycles. The minimum absolute atomic E-state index is 0. The lowest BCUT2D eigenvalue weighted by atomic mass is 10.1. The lowest BCUT2D eigenvalue weighted by Crippen LogP contribution is -2.46. The lowest BCUT2D eigenvalue weighted by Gasteiger charge is -2.36. The normalized spacial score (nSPS) is 13.9. The number of hydrogen-bond donors (Lipinski definition) is 1. The third kappa shape index (κ3) is 6.59. The quantitative estimate of drug-likeness (QED) is 0.768. The number of para-hydroxylation sites is 2. The maximum absolute atomic E-state index is 11.0. The molecular weight excluding hydrogens is 397 g/mol. The minimum atomic E-state index is 0. The van der Waals surface area contributed by atoms with Gasteiger partial charge in [0.05, 0.1) is 12.8 Å². The van der Waals surface area contributed by atoms with Crippen molar-refractivity contribution < 1.29 is 9.53 Å². The Morgan fingerprint density at radius 2 is 1.57 bits per heavy atom. The summed E-state index contributed by atoms with van der Waals surface area (Å²) >= 11 is 0. The summed E-state index contributed by atoms with van der Waals surface area (Å²) in [5, 5.41) is 2.83. The van der Waals surface area contributed by atoms with Crippen LogP contribution in [0.15, 0.2) is 48.5 Å². The molecule has 7 heteroatoms. The molecule has 0 atom stereocenters. The Kier molecular flexibility index (Phi) is 10.1. The summed E-state index contributed by atoms with van der Waals surface area (Å²) in [6.45, 7) is 7.16. The van der Waals surface area contributed by atoms with Gasteiger partial charge in [-0.1, -0.05) is 36.4 Å². The molecule has 1 N–H and O–H groups in total. The Morgan fingerprint density at radius 3 is 2.18 bits per heavy atom. The number of anilines is 1. The van der Waals surface area contributed by atoms with Crippen LogP contribution in [-0.4, -0.2) is 44.1 Å². The third-order valence-corrected chi connectivity index (χ3v) is 4.77. The van der Waals surface area contributed by atoms with Crippen LogP contribution in [-0.2, 0) is 17.9 Å². The fourth-order valence-electron chi connectivity index (χ4n) is 3.29. The zero-order valence-corrected chi connectivity index (χ0v) is 18.0. The third-order valence-electron chi connectivity index (χ3n) is 4.77. The molecule has 0 spiro atoms. The molecule has 0 unspecified atom stereocenters. The van der Waals surface area contributed by atoms with Crippen LogP contribution in [0.1, 0.15) is 18.1 Å². The highest BCUT2D eigenvalue weighted by Gasteiger charge is 2.19. The van der Waals surface area contributed by atoms with Crippen molar-refractivity contribution in [1.29, 1.82) is 0 Å². The van der Waals surface area contributed by atoms with Crippen molar-refractivity contribution in [2.24, 2.45) is 0 Å². The number of nitrogens with one attached hydrogen (secondary N) is 1. The molecule has 154 valence electrons. The molecule has 1 fully saturated rings. The second-order valence-corrected chi connectivity index (χ2v) is 6.66. The Balaban J connectivity index is 0.00000196. The van der Waals surface area contributed by atoms with Crippen molar-refractivity contribution in [3.63, 3.8) is 0 Å². The first kappa shape index (κ1) is 24.1. The zero-order valence-electron chi connectivity index (χ0n) is 16.4. The van der Waals surface area contributed by atoms with E-state index in [1.54, 1.807) is 14.0 Å². The van der Waals surface area contributed by atoms with E-state index in [4.69, 9.17) is 4.74 Å². The van der Waals surface area contributed by atoms with Crippen LogP contribution in [0.2, 0.25) is 0 Å². The smallest absolute Gasteiger partial charge is 0.217 e. The van der Waals surface area contributed by atoms with E-state index in [1.165, 1.54) is 11.3 Å². The maximum Gasteiger partial charge on any atom is 0.217 e. The minimum Gasteiger partial charge on any atom is -0.495 e. The van der Waals surface area contributed by atoms with E-state index in [0.717, 1.165) is 44.0 Å². The number of methoxy groups -OCH3 is 1. The number of ether oxygens (including phenoxy) is 1. The Bertz CT molecular complexity index is 733. The number of nitrogens with zero attached hydrogens (tertiary/aromatic N) is 2. The van der Waals surface area contributed by atoms with Crippen molar-refractivity contribution in [1.82, 2.24) is 10.2 Å². The fourth-order valence-corrected chi connectivity index (χ4v) is 3.29. The highest BCUT2D eigenvalue weighted by Crippen LogP contribution is 2.28. The van der Waals surface area contributed by atoms with Crippen molar-refractivity contribution in [2.45, 2.75) is 20.0 Å². The highest BCUT2D eigenvalue weighted by atomic mass is 35.5. The Morgan fingerprint density at radius 1 is 0.964 bits per heavy atom. The first-order chi connectivity index (χ1) is 12.7. The molecule has 2 aromatic carbocycles. The Hall–Kier alpha value is -1.95. The number of hydrogen-bond acceptors (Lipinski definition) is 4. The number of amides is 1. The van der Waals surface area contributed by atoms with Gasteiger partial charge in [-0.2, -0.15) is 0 Å². The SMILES string of the molecule is COc1ccccc1N1CCN(Cc2ccc(CNC(C)=O)cc2)CC1.Cl.Cl. The molecule has 0 aromatic heterocycles. The number of benzene rings is 2. The van der Waals surface area contributed by atoms with Gasteiger partial charge in [-0.15, -0.1) is 24.8 Å². The molecule has 3 rings (SSSR count). The molecule has 1 heterocycles. The van der Waals surface area contributed by atoms with Crippen molar-refractivity contribution in [3.05, 3.63) is 59.7 Å². The molecule has 0 aliphatic carbocycles. The summed E-state index contributed by atoms with van der Waals surface area (Å²) < 4.78 is 5.49. The number of rotatable bonds is 6. The van der Waals surface area contributed by atoms with E-state index in [-0.39, 0.29) is 30.7 Å². The van der Waals surface area contributed by atoms with E-state index in [1.807, 2.05) is 12.1 Å². The summed E-state index contributed by atoms with van der Waals surface area (Å²) in [5.41, 5.74) is 3.62. The number of carbonyl (C=O) groups excluding carboxylic acids is 1. The van der Waals surface area contributed by atoms with Crippen molar-refractivity contribution in [2.75, 3.05) is 38.2 Å². The monoisotopic (exact) mass is 425 g/mol. The maximum atomic E-state index is 11.0. The van der Waals surface area contributed by atoms with Gasteiger partial charge in [0.2, 0.25) is 5.91 Å². The molecule has 2 aromatic rings. The summed E-state index contributed by atoms with van der Waals surface area (Å²) in [5.74, 6) is 0.942. The summed E-state index contributed by atoms with van der Waals surface area (Å²) in [7, 11) is 1.73. The average Bonchev–Trinajstić information content (AvgIpc) is 2.68. The van der Waals surface area contributed by atoms with Gasteiger partial charge in [0.1, 0.15) is 5.75 Å². The molecule has 1 amide bonds. The van der Waals surface area contributed by atoms with Crippen LogP contribution in [0.4, 0.5) is 5.69 Å². The Labute approximate surface area is 179 Å². The molecule has 0 bridgehead atoms. The summed E-state index contributed by atoms with van der Waals surface area (Å²) in [6, 6.07) is 16.7. The number of carbonyl (C=O) groups is 1. The highest BCUT2D eigenvalue weighted by molar-refractivity contribution is 5.85. The van der Waals surface area contributed by atoms with Gasteiger partial charge in [-0.05, 0) is 23.3 Å². The largest absolute Gasteiger partial charge is 0.495 e. The second-order valence-electron chi connectivity index (χ2n) is 6.66. The first-order valence-corrected chi connectivity index (χ1v) is 9.08. The van der Waals surface area contributed by atoms with Gasteiger partial charge in [-0.3, -0.25) is 9.69 Å². The van der Waals surface area contributed by atoms with E-state index in [2.05, 4.69) is 51.5 Å². The summed E-state index contributed by atoms with van der Waals surface area (Å²) in [4.78, 5) is 15.9. The lowest BCUT2D eigenvalue weighted by molar-refractivity contribution is -0.119. The molecular formula is C21H29Cl2N3O2. The van der Waals surface area contributed by atoms with E-state index >= 15 is 0 Å². The van der Waals surface area contributed by atoms with Crippen LogP contribution in [0.5, 0.6) is 5.75 Å². The molecule has 28 heavy (non-hydrogen) atoms. The van der Waals surface area contributed by atoms with E-state index in [9.17, 15) is 4.79 Å². The second kappa shape index (κ2) is 11.8. The van der Waals surface area contributed by atoms with Crippen LogP contribution in [0, 0.1) is 0 Å². The van der Waals surface area contributed by atoms with Gasteiger partial charge >= 0.3 is 0 Å². The zero-order chi connectivity index (χ0) is 18.4. The predicted octanol–water partition coefficient (Wildman–Crippen LogP) is 3.50. The van der Waals surface area contributed by atoms with Gasteiger partial charge in [0.25, 0.3) is 0 Å². The molecule has 1 aliphatic rings. The average molecular weight is 426 g/mol. The van der Waals surface area contributed by atoms with Gasteiger partial charge in [0.15, 0.2) is 0 Å². The summed E-state index contributed by atoms with van der Waals surface area (Å²) in [6.07, 6.45) is 0. The number of piperazine rings is 1. The van der Waals surface area contributed by atoms with E-state index in [0.29, 0.717) is 6.54 Å². The number of halogens is 2. The molecule has 0 radical (unpaired) electrons. The van der Waals surface area contributed by atoms with Crippen LogP contribution < -0.4 is 15.0 Å². The fraction of sp³-hybridized carbons (Fsp3) is 0.381. The standard InChI is InChI=1S/C21H27N3O2.2ClH/c1-17(25)22-15-18-7-9-19(10-8-18)16-23-11-13-24(14-12-23)20-5-3-4-6-21(20)26-2;;/h3-10H,11-16H2,1-2H3,(H,22,25);2*1H. The molecule has 1 saturated heterocycles. The van der Waals surface area contributed by atoms with Crippen LogP contribution in [0.25, 0.3) is 0 Å². The van der Waals surface area contributed by atoms with Gasteiger partial charge in [-0.25, -0.2) is 0 Å². The van der Waals surface area contributed by atoms with Crippen molar-refractivity contribution in [3.8, 4) is 5.75 Å². The predicted molar refractivity (Wildman–Crippen MR) is 119 cm³/mol. The topological polar surface area (TPSA) is 44.8 Å². The van der Waals surface area contributed by atoms with Crippen LogP contribution >= 0.6 is 24.8 Å².